The van der Waals surface area contributed by atoms with E-state index in [1.54, 1.807) is 0 Å². The molecular formula is C42H32. The van der Waals surface area contributed by atoms with Crippen molar-refractivity contribution in [3.8, 4) is 22.3 Å². The van der Waals surface area contributed by atoms with Crippen molar-refractivity contribution in [3.63, 3.8) is 0 Å². The van der Waals surface area contributed by atoms with Crippen molar-refractivity contribution in [1.29, 1.82) is 0 Å². The van der Waals surface area contributed by atoms with Crippen molar-refractivity contribution >= 4 is 53.9 Å². The minimum Gasteiger partial charge on any atom is -0.0616 e. The number of hydrogen-bond acceptors (Lipinski definition) is 0. The predicted molar refractivity (Wildman–Crippen MR) is 184 cm³/mol. The summed E-state index contributed by atoms with van der Waals surface area (Å²) in [6, 6.07) is 27.3. The molecule has 0 saturated heterocycles. The number of rotatable bonds is 2. The van der Waals surface area contributed by atoms with Crippen molar-refractivity contribution in [3.05, 3.63) is 145 Å². The van der Waals surface area contributed by atoms with E-state index in [9.17, 15) is 5.48 Å². The van der Waals surface area contributed by atoms with E-state index >= 15 is 0 Å². The first-order chi connectivity index (χ1) is 23.8. The van der Waals surface area contributed by atoms with Gasteiger partial charge in [0.05, 0.1) is 11.0 Å². The molecule has 8 rings (SSSR count). The van der Waals surface area contributed by atoms with Crippen LogP contribution in [0, 0.1) is 0 Å². The number of hydrogen-bond donors (Lipinski definition) is 0. The average molecular weight is 545 g/mol. The third kappa shape index (κ3) is 3.83. The van der Waals surface area contributed by atoms with Crippen molar-refractivity contribution in [2.24, 2.45) is 0 Å². The summed E-state index contributed by atoms with van der Waals surface area (Å²) in [4.78, 5) is 0. The van der Waals surface area contributed by atoms with Gasteiger partial charge in [-0.05, 0) is 99.2 Å². The lowest BCUT2D eigenvalue weighted by Gasteiger charge is -2.22. The van der Waals surface area contributed by atoms with Gasteiger partial charge in [0.2, 0.25) is 0 Å². The van der Waals surface area contributed by atoms with E-state index in [1.807, 2.05) is 66.7 Å². The Kier molecular flexibility index (Phi) is 3.93. The lowest BCUT2D eigenvalue weighted by atomic mass is 9.82. The SMILES string of the molecule is [2H]c1c([2H])c([2H])c2c(-c3cccc4c3ccc3cc5ccccc5cc34)c3c([2H])c([2H])c([2H])c([2H])c3c(-c3cccc(C(C)(C)C)c3)c2c1[2H]. The van der Waals surface area contributed by atoms with Gasteiger partial charge in [-0.3, -0.25) is 0 Å². The van der Waals surface area contributed by atoms with Crippen LogP contribution in [0.1, 0.15) is 37.3 Å². The summed E-state index contributed by atoms with van der Waals surface area (Å²) in [5, 5.41) is 6.86. The molecular weight excluding hydrogens is 504 g/mol. The van der Waals surface area contributed by atoms with Crippen LogP contribution in [-0.4, -0.2) is 0 Å². The van der Waals surface area contributed by atoms with Gasteiger partial charge in [-0.25, -0.2) is 0 Å². The lowest BCUT2D eigenvalue weighted by molar-refractivity contribution is 0.590. The Morgan fingerprint density at radius 1 is 0.452 bits per heavy atom. The Labute approximate surface area is 258 Å². The highest BCUT2D eigenvalue weighted by molar-refractivity contribution is 6.25. The first-order valence-corrected chi connectivity index (χ1v) is 14.2. The third-order valence-corrected chi connectivity index (χ3v) is 8.41. The van der Waals surface area contributed by atoms with E-state index in [1.165, 1.54) is 0 Å². The molecule has 0 aromatic heterocycles. The maximum absolute atomic E-state index is 9.36. The standard InChI is InChI=1S/C42H32/c1-42(2,3)31-15-10-14-30(25-31)40-35-16-6-8-18-37(35)41(38-19-9-7-17-36(38)40)34-21-11-20-32-33(34)23-22-29-24-27-12-4-5-13-28(27)26-39(29)32/h4-26H,1-3H3/i6D,7D,8D,9D,16D,17D,18D,19D. The molecule has 42 heavy (non-hydrogen) atoms. The van der Waals surface area contributed by atoms with E-state index in [0.29, 0.717) is 22.3 Å². The Bertz CT molecular complexity index is 2690. The molecule has 0 heterocycles. The van der Waals surface area contributed by atoms with Crippen LogP contribution in [0.15, 0.2) is 139 Å². The first-order valence-electron chi connectivity index (χ1n) is 18.2. The second kappa shape index (κ2) is 9.29. The molecule has 0 bridgehead atoms. The highest BCUT2D eigenvalue weighted by Crippen LogP contribution is 2.46. The summed E-state index contributed by atoms with van der Waals surface area (Å²) in [5.41, 5.74) is 2.69. The Morgan fingerprint density at radius 3 is 1.74 bits per heavy atom. The maximum Gasteiger partial charge on any atom is 0.0629 e. The second-order valence-corrected chi connectivity index (χ2v) is 12.0. The average Bonchev–Trinajstić information content (AvgIpc) is 3.11. The van der Waals surface area contributed by atoms with Crippen LogP contribution in [0.3, 0.4) is 0 Å². The molecule has 8 aromatic rings. The molecule has 0 aliphatic heterocycles. The Hall–Kier alpha value is -4.94. The molecule has 200 valence electrons. The van der Waals surface area contributed by atoms with Gasteiger partial charge in [0.15, 0.2) is 0 Å². The monoisotopic (exact) mass is 544 g/mol. The Balaban J connectivity index is 1.65. The Morgan fingerprint density at radius 2 is 1.07 bits per heavy atom. The summed E-state index contributed by atoms with van der Waals surface area (Å²) in [7, 11) is 0. The smallest absolute Gasteiger partial charge is 0.0616 e. The number of benzene rings is 8. The largest absolute Gasteiger partial charge is 0.0629 e. The van der Waals surface area contributed by atoms with Crippen molar-refractivity contribution in [2.75, 3.05) is 0 Å². The van der Waals surface area contributed by atoms with Gasteiger partial charge < -0.3 is 0 Å². The van der Waals surface area contributed by atoms with Gasteiger partial charge in [-0.1, -0.05) is 148 Å². The number of fused-ring (bicyclic) bond motifs is 6. The second-order valence-electron chi connectivity index (χ2n) is 12.0. The summed E-state index contributed by atoms with van der Waals surface area (Å²) in [6.07, 6.45) is 0. The molecule has 0 unspecified atom stereocenters. The minimum atomic E-state index is -0.407. The van der Waals surface area contributed by atoms with Crippen LogP contribution in [0.5, 0.6) is 0 Å². The van der Waals surface area contributed by atoms with Crippen LogP contribution in [0.2, 0.25) is 0 Å². The van der Waals surface area contributed by atoms with Gasteiger partial charge in [0, 0.05) is 0 Å². The third-order valence-electron chi connectivity index (χ3n) is 8.41. The highest BCUT2D eigenvalue weighted by atomic mass is 14.2. The molecule has 0 amide bonds. The van der Waals surface area contributed by atoms with Gasteiger partial charge in [0.1, 0.15) is 0 Å². The van der Waals surface area contributed by atoms with Crippen LogP contribution in [-0.2, 0) is 5.41 Å². The molecule has 0 atom stereocenters. The van der Waals surface area contributed by atoms with Gasteiger partial charge in [-0.15, -0.1) is 0 Å². The summed E-state index contributed by atoms with van der Waals surface area (Å²) in [5.74, 6) is 0. The fourth-order valence-electron chi connectivity index (χ4n) is 6.32. The predicted octanol–water partition coefficient (Wildman–Crippen LogP) is 12.1. The molecule has 0 N–H and O–H groups in total. The van der Waals surface area contributed by atoms with E-state index < -0.39 is 24.2 Å². The summed E-state index contributed by atoms with van der Waals surface area (Å²) in [6.45, 7) is 6.24. The highest BCUT2D eigenvalue weighted by Gasteiger charge is 2.20. The van der Waals surface area contributed by atoms with E-state index in [-0.39, 0.29) is 51.1 Å². The van der Waals surface area contributed by atoms with Crippen molar-refractivity contribution < 1.29 is 11.0 Å². The minimum absolute atomic E-state index is 0.218. The maximum atomic E-state index is 9.36. The van der Waals surface area contributed by atoms with E-state index in [4.69, 9.17) is 5.48 Å². The van der Waals surface area contributed by atoms with E-state index in [0.717, 1.165) is 37.9 Å². The molecule has 0 heteroatoms. The van der Waals surface area contributed by atoms with Crippen LogP contribution in [0.4, 0.5) is 0 Å². The van der Waals surface area contributed by atoms with Gasteiger partial charge in [-0.2, -0.15) is 0 Å². The molecule has 0 fully saturated rings. The summed E-state index contributed by atoms with van der Waals surface area (Å²) < 4.78 is 72.5. The normalized spacial score (nSPS) is 14.8. The molecule has 0 aliphatic carbocycles. The summed E-state index contributed by atoms with van der Waals surface area (Å²) >= 11 is 0. The van der Waals surface area contributed by atoms with Crippen molar-refractivity contribution in [2.45, 2.75) is 26.2 Å². The molecule has 0 saturated carbocycles. The van der Waals surface area contributed by atoms with Crippen LogP contribution >= 0.6 is 0 Å². The van der Waals surface area contributed by atoms with Crippen molar-refractivity contribution in [1.82, 2.24) is 0 Å². The van der Waals surface area contributed by atoms with Gasteiger partial charge in [0.25, 0.3) is 0 Å². The quantitative estimate of drug-likeness (QED) is 0.150. The zero-order valence-electron chi connectivity index (χ0n) is 31.7. The zero-order chi connectivity index (χ0) is 35.4. The molecule has 0 aliphatic rings. The fraction of sp³-hybridized carbons (Fsp3) is 0.0952. The van der Waals surface area contributed by atoms with Crippen LogP contribution in [0.25, 0.3) is 76.1 Å². The molecule has 0 nitrogen and oxygen atoms in total. The first kappa shape index (κ1) is 17.8. The lowest BCUT2D eigenvalue weighted by Crippen LogP contribution is -2.10. The molecule has 0 radical (unpaired) electrons. The molecule has 0 spiro atoms. The topological polar surface area (TPSA) is 0 Å². The molecule has 8 aromatic carbocycles. The fourth-order valence-corrected chi connectivity index (χ4v) is 6.32. The van der Waals surface area contributed by atoms with E-state index in [2.05, 4.69) is 45.0 Å². The van der Waals surface area contributed by atoms with Gasteiger partial charge >= 0.3 is 0 Å². The van der Waals surface area contributed by atoms with Crippen LogP contribution < -0.4 is 0 Å². The zero-order valence-corrected chi connectivity index (χ0v) is 23.7.